The van der Waals surface area contributed by atoms with Gasteiger partial charge < -0.3 is 9.73 Å². The Labute approximate surface area is 135 Å². The van der Waals surface area contributed by atoms with E-state index < -0.39 is 10.0 Å². The number of rotatable bonds is 9. The lowest BCUT2D eigenvalue weighted by molar-refractivity contribution is -0.121. The van der Waals surface area contributed by atoms with E-state index in [9.17, 15) is 13.2 Å². The fourth-order valence-corrected chi connectivity index (χ4v) is 3.08. The lowest BCUT2D eigenvalue weighted by Crippen LogP contribution is -2.25. The summed E-state index contributed by atoms with van der Waals surface area (Å²) in [5, 5.41) is 2.75. The number of carbonyl (C=O) groups excluding carboxylic acids is 1. The summed E-state index contributed by atoms with van der Waals surface area (Å²) < 4.78 is 31.6. The molecule has 23 heavy (non-hydrogen) atoms. The van der Waals surface area contributed by atoms with Crippen molar-refractivity contribution in [1.82, 2.24) is 10.0 Å². The normalized spacial score (nSPS) is 11.3. The number of carbonyl (C=O) groups is 1. The van der Waals surface area contributed by atoms with Crippen LogP contribution in [0.4, 0.5) is 0 Å². The molecule has 0 spiro atoms. The zero-order chi connectivity index (χ0) is 16.5. The Balaban J connectivity index is 1.61. The average Bonchev–Trinajstić information content (AvgIpc) is 3.07. The molecule has 1 amide bonds. The minimum Gasteiger partial charge on any atom is -0.467 e. The van der Waals surface area contributed by atoms with Gasteiger partial charge in [-0.3, -0.25) is 4.79 Å². The summed E-state index contributed by atoms with van der Waals surface area (Å²) in [5.41, 5.74) is 0. The number of furan rings is 1. The number of hydrogen-bond donors (Lipinski definition) is 2. The van der Waals surface area contributed by atoms with E-state index in [0.29, 0.717) is 38.1 Å². The molecule has 6 nitrogen and oxygen atoms in total. The summed E-state index contributed by atoms with van der Waals surface area (Å²) in [7, 11) is -3.46. The van der Waals surface area contributed by atoms with Gasteiger partial charge in [0.25, 0.3) is 0 Å². The first-order valence-corrected chi connectivity index (χ1v) is 8.90. The molecular formula is C16H20N2O4S. The maximum Gasteiger partial charge on any atom is 0.240 e. The number of amides is 1. The first kappa shape index (κ1) is 17.2. The van der Waals surface area contributed by atoms with E-state index in [1.807, 2.05) is 0 Å². The Bertz CT molecular complexity index is 697. The van der Waals surface area contributed by atoms with Crippen LogP contribution in [0.5, 0.6) is 0 Å². The van der Waals surface area contributed by atoms with Crippen molar-refractivity contribution >= 4 is 15.9 Å². The van der Waals surface area contributed by atoms with Gasteiger partial charge in [0.15, 0.2) is 0 Å². The van der Waals surface area contributed by atoms with Crippen molar-refractivity contribution in [1.29, 1.82) is 0 Å². The largest absolute Gasteiger partial charge is 0.467 e. The Morgan fingerprint density at radius 2 is 1.83 bits per heavy atom. The molecule has 1 aromatic heterocycles. The minimum atomic E-state index is -3.46. The third kappa shape index (κ3) is 5.88. The Morgan fingerprint density at radius 1 is 1.04 bits per heavy atom. The number of unbranched alkanes of at least 4 members (excludes halogenated alkanes) is 1. The molecule has 124 valence electrons. The zero-order valence-corrected chi connectivity index (χ0v) is 13.5. The molecule has 0 atom stereocenters. The van der Waals surface area contributed by atoms with Crippen molar-refractivity contribution in [3.8, 4) is 0 Å². The van der Waals surface area contributed by atoms with E-state index in [1.54, 1.807) is 48.7 Å². The van der Waals surface area contributed by atoms with Crippen LogP contribution in [0, 0.1) is 0 Å². The van der Waals surface area contributed by atoms with Gasteiger partial charge in [-0.15, -0.1) is 0 Å². The molecule has 0 saturated carbocycles. The van der Waals surface area contributed by atoms with Gasteiger partial charge in [0.2, 0.25) is 15.9 Å². The standard InChI is InChI=1S/C16H20N2O4S/c19-16(17-13-14-7-6-12-22-14)10-4-5-11-18-23(20,21)15-8-2-1-3-9-15/h1-3,6-9,12,18H,4-5,10-11,13H2,(H,17,19). The molecule has 7 heteroatoms. The SMILES string of the molecule is O=C(CCCCNS(=O)(=O)c1ccccc1)NCc1ccco1. The monoisotopic (exact) mass is 336 g/mol. The highest BCUT2D eigenvalue weighted by Gasteiger charge is 2.12. The van der Waals surface area contributed by atoms with Gasteiger partial charge in [0.1, 0.15) is 5.76 Å². The first-order valence-electron chi connectivity index (χ1n) is 7.42. The van der Waals surface area contributed by atoms with Crippen molar-refractivity contribution in [3.63, 3.8) is 0 Å². The molecule has 1 heterocycles. The highest BCUT2D eigenvalue weighted by Crippen LogP contribution is 2.07. The second kappa shape index (κ2) is 8.50. The van der Waals surface area contributed by atoms with Gasteiger partial charge >= 0.3 is 0 Å². The van der Waals surface area contributed by atoms with Crippen LogP contribution >= 0.6 is 0 Å². The summed E-state index contributed by atoms with van der Waals surface area (Å²) in [6.45, 7) is 0.676. The molecule has 2 aromatic rings. The number of nitrogens with one attached hydrogen (secondary N) is 2. The fourth-order valence-electron chi connectivity index (χ4n) is 1.99. The van der Waals surface area contributed by atoms with Crippen molar-refractivity contribution in [3.05, 3.63) is 54.5 Å². The predicted octanol–water partition coefficient (Wildman–Crippen LogP) is 2.04. The molecule has 2 N–H and O–H groups in total. The summed E-state index contributed by atoms with van der Waals surface area (Å²) >= 11 is 0. The summed E-state index contributed by atoms with van der Waals surface area (Å²) in [6.07, 6.45) is 3.12. The van der Waals surface area contributed by atoms with Gasteiger partial charge in [0.05, 0.1) is 17.7 Å². The molecule has 0 aliphatic rings. The lowest BCUT2D eigenvalue weighted by atomic mass is 10.2. The van der Waals surface area contributed by atoms with E-state index in [2.05, 4.69) is 10.0 Å². The number of hydrogen-bond acceptors (Lipinski definition) is 4. The molecular weight excluding hydrogens is 316 g/mol. The third-order valence-corrected chi connectivity index (χ3v) is 4.69. The molecule has 0 fully saturated rings. The summed E-state index contributed by atoms with van der Waals surface area (Å²) in [6, 6.07) is 11.8. The van der Waals surface area contributed by atoms with Crippen LogP contribution in [0.25, 0.3) is 0 Å². The van der Waals surface area contributed by atoms with E-state index >= 15 is 0 Å². The van der Waals surface area contributed by atoms with Gasteiger partial charge in [-0.05, 0) is 37.1 Å². The van der Waals surface area contributed by atoms with Crippen LogP contribution in [-0.4, -0.2) is 20.9 Å². The Hall–Kier alpha value is -2.12. The van der Waals surface area contributed by atoms with E-state index in [0.717, 1.165) is 0 Å². The quantitative estimate of drug-likeness (QED) is 0.686. The topological polar surface area (TPSA) is 88.4 Å². The first-order chi connectivity index (χ1) is 11.1. The maximum absolute atomic E-state index is 12.0. The van der Waals surface area contributed by atoms with Gasteiger partial charge in [-0.2, -0.15) is 0 Å². The smallest absolute Gasteiger partial charge is 0.240 e. The second-order valence-electron chi connectivity index (χ2n) is 5.02. The van der Waals surface area contributed by atoms with Crippen LogP contribution in [0.15, 0.2) is 58.0 Å². The van der Waals surface area contributed by atoms with Gasteiger partial charge in [-0.1, -0.05) is 18.2 Å². The maximum atomic E-state index is 12.0. The minimum absolute atomic E-state index is 0.0766. The highest BCUT2D eigenvalue weighted by atomic mass is 32.2. The fraction of sp³-hybridized carbons (Fsp3) is 0.312. The zero-order valence-electron chi connectivity index (χ0n) is 12.7. The van der Waals surface area contributed by atoms with Crippen molar-refractivity contribution in [2.45, 2.75) is 30.7 Å². The van der Waals surface area contributed by atoms with Crippen LogP contribution in [0.1, 0.15) is 25.0 Å². The highest BCUT2D eigenvalue weighted by molar-refractivity contribution is 7.89. The molecule has 0 aliphatic carbocycles. The van der Waals surface area contributed by atoms with Crippen LogP contribution in [-0.2, 0) is 21.4 Å². The lowest BCUT2D eigenvalue weighted by Gasteiger charge is -2.07. The van der Waals surface area contributed by atoms with E-state index in [1.165, 1.54) is 0 Å². The van der Waals surface area contributed by atoms with Gasteiger partial charge in [-0.25, -0.2) is 13.1 Å². The average molecular weight is 336 g/mol. The van der Waals surface area contributed by atoms with Gasteiger partial charge in [0, 0.05) is 13.0 Å². The number of benzene rings is 1. The molecule has 0 bridgehead atoms. The molecule has 1 aromatic carbocycles. The van der Waals surface area contributed by atoms with Crippen LogP contribution in [0.3, 0.4) is 0 Å². The molecule has 2 rings (SSSR count). The Kier molecular flexibility index (Phi) is 6.37. The molecule has 0 aliphatic heterocycles. The van der Waals surface area contributed by atoms with Crippen molar-refractivity contribution in [2.75, 3.05) is 6.54 Å². The molecule has 0 unspecified atom stereocenters. The van der Waals surface area contributed by atoms with Crippen molar-refractivity contribution < 1.29 is 17.6 Å². The van der Waals surface area contributed by atoms with Crippen LogP contribution < -0.4 is 10.0 Å². The number of sulfonamides is 1. The summed E-state index contributed by atoms with van der Waals surface area (Å²) in [4.78, 5) is 11.9. The predicted molar refractivity (Wildman–Crippen MR) is 86.0 cm³/mol. The van der Waals surface area contributed by atoms with Crippen molar-refractivity contribution in [2.24, 2.45) is 0 Å². The Morgan fingerprint density at radius 3 is 2.52 bits per heavy atom. The van der Waals surface area contributed by atoms with Crippen LogP contribution in [0.2, 0.25) is 0 Å². The van der Waals surface area contributed by atoms with E-state index in [4.69, 9.17) is 4.42 Å². The third-order valence-electron chi connectivity index (χ3n) is 3.22. The van der Waals surface area contributed by atoms with E-state index in [-0.39, 0.29) is 10.8 Å². The molecule has 0 radical (unpaired) electrons. The second-order valence-corrected chi connectivity index (χ2v) is 6.79. The summed E-state index contributed by atoms with van der Waals surface area (Å²) in [5.74, 6) is 0.626. The molecule has 0 saturated heterocycles.